The van der Waals surface area contributed by atoms with Crippen LogP contribution in [0.3, 0.4) is 0 Å². The van der Waals surface area contributed by atoms with Crippen LogP contribution in [0.4, 0.5) is 0 Å². The summed E-state index contributed by atoms with van der Waals surface area (Å²) in [7, 11) is -8.20. The Morgan fingerprint density at radius 2 is 0.646 bits per heavy atom. The highest BCUT2D eigenvalue weighted by atomic mass is 31.2. The summed E-state index contributed by atoms with van der Waals surface area (Å²) in [6, 6.07) is 36.9. The van der Waals surface area contributed by atoms with E-state index < -0.39 is 15.6 Å². The third-order valence-electron chi connectivity index (χ3n) is 7.15. The number of phosphoric acid groups is 2. The summed E-state index contributed by atoms with van der Waals surface area (Å²) in [6.07, 6.45) is 0. The molecule has 0 saturated heterocycles. The van der Waals surface area contributed by atoms with Gasteiger partial charge in [0.15, 0.2) is 0 Å². The van der Waals surface area contributed by atoms with Crippen LogP contribution in [0.5, 0.6) is 11.5 Å². The molecular formula is C38H40O8P2. The number of aryl methyl sites for hydroxylation is 4. The first kappa shape index (κ1) is 35.3. The Morgan fingerprint density at radius 1 is 0.396 bits per heavy atom. The average Bonchev–Trinajstić information content (AvgIpc) is 3.06. The molecule has 5 aromatic rings. The molecule has 0 N–H and O–H groups in total. The zero-order valence-electron chi connectivity index (χ0n) is 27.5. The molecule has 0 spiro atoms. The summed E-state index contributed by atoms with van der Waals surface area (Å²) in [5, 5.41) is 0. The molecule has 0 atom stereocenters. The predicted octanol–water partition coefficient (Wildman–Crippen LogP) is 10.8. The van der Waals surface area contributed by atoms with Crippen molar-refractivity contribution in [3.8, 4) is 11.5 Å². The number of benzene rings is 5. The van der Waals surface area contributed by atoms with Crippen LogP contribution in [0.1, 0.15) is 44.5 Å². The highest BCUT2D eigenvalue weighted by Crippen LogP contribution is 2.53. The third kappa shape index (κ3) is 11.0. The summed E-state index contributed by atoms with van der Waals surface area (Å²) < 4.78 is 62.7. The zero-order valence-corrected chi connectivity index (χ0v) is 29.3. The minimum Gasteiger partial charge on any atom is -0.404 e. The van der Waals surface area contributed by atoms with E-state index >= 15 is 0 Å². The summed E-state index contributed by atoms with van der Waals surface area (Å²) in [4.78, 5) is 0. The standard InChI is InChI=1S/C38H40O8P2/c1-29-9-5-13-33(21-29)25-41-47(39,42-26-34-14-6-10-30(2)22-34)45-37-17-19-38(20-18-37)46-48(40,43-27-35-15-7-11-31(3)23-35)44-28-36-16-8-12-32(4)24-36/h5-24H,25-28H2,1-4H3. The first-order valence-corrected chi connectivity index (χ1v) is 18.5. The molecule has 0 unspecified atom stereocenters. The van der Waals surface area contributed by atoms with Crippen LogP contribution in [0.2, 0.25) is 0 Å². The van der Waals surface area contributed by atoms with E-state index in [0.717, 1.165) is 44.5 Å². The SMILES string of the molecule is Cc1cccc(COP(=O)(OCc2cccc(C)c2)Oc2ccc(OP(=O)(OCc3cccc(C)c3)OCc3cccc(C)c3)cc2)c1. The van der Waals surface area contributed by atoms with Gasteiger partial charge in [-0.05, 0) is 74.2 Å². The molecule has 250 valence electrons. The normalized spacial score (nSPS) is 11.8. The van der Waals surface area contributed by atoms with Gasteiger partial charge in [-0.25, -0.2) is 9.13 Å². The molecule has 10 heteroatoms. The number of rotatable bonds is 16. The second-order valence-electron chi connectivity index (χ2n) is 11.6. The van der Waals surface area contributed by atoms with Gasteiger partial charge in [-0.15, -0.1) is 0 Å². The van der Waals surface area contributed by atoms with Crippen molar-refractivity contribution >= 4 is 15.6 Å². The zero-order chi connectivity index (χ0) is 34.0. The summed E-state index contributed by atoms with van der Waals surface area (Å²) >= 11 is 0. The monoisotopic (exact) mass is 686 g/mol. The Kier molecular flexibility index (Phi) is 12.1. The third-order valence-corrected chi connectivity index (χ3v) is 9.80. The molecule has 0 aromatic heterocycles. The van der Waals surface area contributed by atoms with Gasteiger partial charge in [-0.2, -0.15) is 0 Å². The molecule has 0 amide bonds. The highest BCUT2D eigenvalue weighted by molar-refractivity contribution is 7.49. The molecule has 0 aliphatic carbocycles. The summed E-state index contributed by atoms with van der Waals surface area (Å²) in [6.45, 7) is 7.97. The van der Waals surface area contributed by atoms with Gasteiger partial charge in [-0.3, -0.25) is 18.1 Å². The highest BCUT2D eigenvalue weighted by Gasteiger charge is 2.31. The number of hydrogen-bond acceptors (Lipinski definition) is 8. The molecule has 5 rings (SSSR count). The first-order chi connectivity index (χ1) is 23.0. The van der Waals surface area contributed by atoms with Crippen LogP contribution in [0, 0.1) is 27.7 Å². The van der Waals surface area contributed by atoms with E-state index in [1.165, 1.54) is 24.3 Å². The molecule has 0 saturated carbocycles. The van der Waals surface area contributed by atoms with E-state index in [9.17, 15) is 9.13 Å². The number of hydrogen-bond donors (Lipinski definition) is 0. The molecular weight excluding hydrogens is 646 g/mol. The van der Waals surface area contributed by atoms with Gasteiger partial charge in [0.2, 0.25) is 0 Å². The second-order valence-corrected chi connectivity index (χ2v) is 14.8. The van der Waals surface area contributed by atoms with E-state index in [1.807, 2.05) is 125 Å². The molecule has 5 aromatic carbocycles. The van der Waals surface area contributed by atoms with E-state index in [-0.39, 0.29) is 37.9 Å². The van der Waals surface area contributed by atoms with E-state index in [1.54, 1.807) is 0 Å². The van der Waals surface area contributed by atoms with Crippen molar-refractivity contribution in [2.75, 3.05) is 0 Å². The maximum atomic E-state index is 13.9. The van der Waals surface area contributed by atoms with Gasteiger partial charge in [0.05, 0.1) is 26.4 Å². The lowest BCUT2D eigenvalue weighted by molar-refractivity contribution is 0.141. The second kappa shape index (κ2) is 16.4. The smallest absolute Gasteiger partial charge is 0.404 e. The lowest BCUT2D eigenvalue weighted by atomic mass is 10.1. The Hall–Kier alpha value is -4.00. The minimum absolute atomic E-state index is 0.0215. The number of phosphoric ester groups is 2. The Labute approximate surface area is 282 Å². The van der Waals surface area contributed by atoms with Crippen molar-refractivity contribution in [2.24, 2.45) is 0 Å². The van der Waals surface area contributed by atoms with Crippen molar-refractivity contribution in [1.29, 1.82) is 0 Å². The van der Waals surface area contributed by atoms with Crippen LogP contribution >= 0.6 is 15.6 Å². The van der Waals surface area contributed by atoms with Crippen LogP contribution in [0.15, 0.2) is 121 Å². The van der Waals surface area contributed by atoms with Gasteiger partial charge in [-0.1, -0.05) is 119 Å². The van der Waals surface area contributed by atoms with Crippen LogP contribution in [-0.2, 0) is 53.7 Å². The van der Waals surface area contributed by atoms with Crippen molar-refractivity contribution in [3.05, 3.63) is 166 Å². The van der Waals surface area contributed by atoms with Crippen molar-refractivity contribution in [2.45, 2.75) is 54.1 Å². The maximum Gasteiger partial charge on any atom is 0.530 e. The summed E-state index contributed by atoms with van der Waals surface area (Å²) in [5.74, 6) is 0.408. The molecule has 0 radical (unpaired) electrons. The lowest BCUT2D eigenvalue weighted by Crippen LogP contribution is -2.05. The fourth-order valence-electron chi connectivity index (χ4n) is 4.82. The van der Waals surface area contributed by atoms with Gasteiger partial charge in [0, 0.05) is 0 Å². The molecule has 48 heavy (non-hydrogen) atoms. The Balaban J connectivity index is 1.30. The molecule has 0 aliphatic heterocycles. The van der Waals surface area contributed by atoms with Crippen LogP contribution in [-0.4, -0.2) is 0 Å². The molecule has 0 heterocycles. The first-order valence-electron chi connectivity index (χ1n) is 15.5. The largest absolute Gasteiger partial charge is 0.530 e. The quantitative estimate of drug-likeness (QED) is 0.0948. The predicted molar refractivity (Wildman–Crippen MR) is 187 cm³/mol. The Bertz CT molecular complexity index is 1660. The van der Waals surface area contributed by atoms with Crippen molar-refractivity contribution < 1.29 is 36.3 Å². The van der Waals surface area contributed by atoms with Crippen LogP contribution < -0.4 is 9.05 Å². The van der Waals surface area contributed by atoms with Crippen LogP contribution in [0.25, 0.3) is 0 Å². The van der Waals surface area contributed by atoms with Gasteiger partial charge in [0.25, 0.3) is 0 Å². The maximum absolute atomic E-state index is 13.9. The van der Waals surface area contributed by atoms with Gasteiger partial charge in [0.1, 0.15) is 11.5 Å². The lowest BCUT2D eigenvalue weighted by Gasteiger charge is -2.20. The Morgan fingerprint density at radius 3 is 0.875 bits per heavy atom. The molecule has 0 bridgehead atoms. The summed E-state index contributed by atoms with van der Waals surface area (Å²) in [5.41, 5.74) is 7.50. The van der Waals surface area contributed by atoms with E-state index in [0.29, 0.717) is 0 Å². The van der Waals surface area contributed by atoms with Crippen molar-refractivity contribution in [3.63, 3.8) is 0 Å². The topological polar surface area (TPSA) is 89.5 Å². The van der Waals surface area contributed by atoms with Gasteiger partial charge >= 0.3 is 15.6 Å². The molecule has 0 aliphatic rings. The van der Waals surface area contributed by atoms with E-state index in [2.05, 4.69) is 0 Å². The molecule has 0 fully saturated rings. The minimum atomic E-state index is -4.10. The van der Waals surface area contributed by atoms with E-state index in [4.69, 9.17) is 27.1 Å². The average molecular weight is 687 g/mol. The van der Waals surface area contributed by atoms with Crippen molar-refractivity contribution in [1.82, 2.24) is 0 Å². The molecule has 8 nitrogen and oxygen atoms in total. The fraction of sp³-hybridized carbons (Fsp3) is 0.211. The fourth-order valence-corrected chi connectivity index (χ4v) is 7.17. The van der Waals surface area contributed by atoms with Gasteiger partial charge < -0.3 is 9.05 Å².